The minimum Gasteiger partial charge on any atom is -0.465 e. The summed E-state index contributed by atoms with van der Waals surface area (Å²) < 4.78 is 43.4. The van der Waals surface area contributed by atoms with Gasteiger partial charge in [-0.15, -0.1) is 0 Å². The molecule has 0 saturated heterocycles. The lowest BCUT2D eigenvalue weighted by molar-refractivity contribution is -0.137. The van der Waals surface area contributed by atoms with Crippen molar-refractivity contribution >= 4 is 5.97 Å². The van der Waals surface area contributed by atoms with E-state index in [4.69, 9.17) is 0 Å². The minimum atomic E-state index is -4.61. The predicted octanol–water partition coefficient (Wildman–Crippen LogP) is 2.85. The molecule has 1 N–H and O–H groups in total. The average Bonchev–Trinajstić information content (AvgIpc) is 2.46. The van der Waals surface area contributed by atoms with Gasteiger partial charge in [-0.1, -0.05) is 18.2 Å². The number of carbonyl (C=O) groups is 1. The van der Waals surface area contributed by atoms with Crippen LogP contribution >= 0.6 is 0 Å². The van der Waals surface area contributed by atoms with E-state index in [1.807, 2.05) is 0 Å². The van der Waals surface area contributed by atoms with E-state index in [-0.39, 0.29) is 16.7 Å². The van der Waals surface area contributed by atoms with E-state index >= 15 is 0 Å². The standard InChI is InChI=1S/C14H10F3NO3/c1-21-13(20)8-6-10(12(19)18-7-8)9-4-2-3-5-11(9)14(15,16)17/h2-7H,1H3,(H,18,19). The number of halogens is 3. The highest BCUT2D eigenvalue weighted by Crippen LogP contribution is 2.35. The predicted molar refractivity (Wildman–Crippen MR) is 68.8 cm³/mol. The molecule has 2 aromatic rings. The third kappa shape index (κ3) is 2.96. The highest BCUT2D eigenvalue weighted by molar-refractivity contribution is 5.90. The number of benzene rings is 1. The van der Waals surface area contributed by atoms with Crippen molar-refractivity contribution in [3.63, 3.8) is 0 Å². The van der Waals surface area contributed by atoms with Gasteiger partial charge in [-0.3, -0.25) is 4.79 Å². The minimum absolute atomic E-state index is 0.0379. The van der Waals surface area contributed by atoms with Crippen LogP contribution in [-0.4, -0.2) is 18.1 Å². The van der Waals surface area contributed by atoms with Crippen LogP contribution in [0.15, 0.2) is 41.3 Å². The van der Waals surface area contributed by atoms with Crippen LogP contribution in [0.5, 0.6) is 0 Å². The second-order valence-electron chi connectivity index (χ2n) is 4.17. The van der Waals surface area contributed by atoms with Gasteiger partial charge in [0.2, 0.25) is 0 Å². The molecule has 21 heavy (non-hydrogen) atoms. The van der Waals surface area contributed by atoms with Gasteiger partial charge < -0.3 is 9.72 Å². The molecule has 1 heterocycles. The molecule has 0 aliphatic carbocycles. The summed E-state index contributed by atoms with van der Waals surface area (Å²) in [6.45, 7) is 0. The zero-order chi connectivity index (χ0) is 15.6. The zero-order valence-electron chi connectivity index (χ0n) is 10.8. The van der Waals surface area contributed by atoms with E-state index in [1.165, 1.54) is 18.2 Å². The number of rotatable bonds is 2. The molecule has 0 aliphatic rings. The van der Waals surface area contributed by atoms with Gasteiger partial charge in [0.15, 0.2) is 0 Å². The Hall–Kier alpha value is -2.57. The second-order valence-corrected chi connectivity index (χ2v) is 4.17. The number of H-pyrrole nitrogens is 1. The molecule has 0 aliphatic heterocycles. The number of nitrogens with one attached hydrogen (secondary N) is 1. The average molecular weight is 297 g/mol. The molecule has 110 valence electrons. The Morgan fingerprint density at radius 2 is 1.86 bits per heavy atom. The number of aromatic amines is 1. The van der Waals surface area contributed by atoms with Crippen LogP contribution in [0.25, 0.3) is 11.1 Å². The summed E-state index contributed by atoms with van der Waals surface area (Å²) in [5, 5.41) is 0. The molecule has 1 aromatic carbocycles. The first-order valence-electron chi connectivity index (χ1n) is 5.82. The number of pyridine rings is 1. The molecule has 0 radical (unpaired) electrons. The van der Waals surface area contributed by atoms with Gasteiger partial charge in [0, 0.05) is 11.8 Å². The first kappa shape index (κ1) is 14.8. The van der Waals surface area contributed by atoms with Crippen molar-refractivity contribution in [3.05, 3.63) is 58.0 Å². The van der Waals surface area contributed by atoms with E-state index < -0.39 is 23.3 Å². The van der Waals surface area contributed by atoms with E-state index in [2.05, 4.69) is 9.72 Å². The number of hydrogen-bond acceptors (Lipinski definition) is 3. The number of carbonyl (C=O) groups excluding carboxylic acids is 1. The maximum absolute atomic E-state index is 13.0. The highest BCUT2D eigenvalue weighted by Gasteiger charge is 2.34. The molecule has 0 saturated carbocycles. The van der Waals surface area contributed by atoms with E-state index in [0.717, 1.165) is 25.4 Å². The van der Waals surface area contributed by atoms with Crippen molar-refractivity contribution in [1.82, 2.24) is 4.98 Å². The lowest BCUT2D eigenvalue weighted by Gasteiger charge is -2.12. The van der Waals surface area contributed by atoms with Gasteiger partial charge in [0.25, 0.3) is 5.56 Å². The van der Waals surface area contributed by atoms with Gasteiger partial charge in [-0.2, -0.15) is 13.2 Å². The molecule has 0 amide bonds. The summed E-state index contributed by atoms with van der Waals surface area (Å²) in [4.78, 5) is 25.4. The van der Waals surface area contributed by atoms with Crippen molar-refractivity contribution in [2.45, 2.75) is 6.18 Å². The molecule has 0 unspecified atom stereocenters. The summed E-state index contributed by atoms with van der Waals surface area (Å²) in [5.74, 6) is -0.753. The fraction of sp³-hybridized carbons (Fsp3) is 0.143. The molecular formula is C14H10F3NO3. The van der Waals surface area contributed by atoms with E-state index in [0.29, 0.717) is 0 Å². The van der Waals surface area contributed by atoms with Crippen molar-refractivity contribution in [2.75, 3.05) is 7.11 Å². The quantitative estimate of drug-likeness (QED) is 0.867. The molecule has 4 nitrogen and oxygen atoms in total. The second kappa shape index (κ2) is 5.43. The van der Waals surface area contributed by atoms with Crippen LogP contribution in [0.3, 0.4) is 0 Å². The van der Waals surface area contributed by atoms with Gasteiger partial charge >= 0.3 is 12.1 Å². The normalized spacial score (nSPS) is 11.2. The Kier molecular flexibility index (Phi) is 3.84. The molecular weight excluding hydrogens is 287 g/mol. The summed E-state index contributed by atoms with van der Waals surface area (Å²) in [7, 11) is 1.14. The molecule has 0 fully saturated rings. The fourth-order valence-corrected chi connectivity index (χ4v) is 1.88. The first-order valence-corrected chi connectivity index (χ1v) is 5.82. The summed E-state index contributed by atoms with van der Waals surface area (Å²) in [6, 6.07) is 5.74. The van der Waals surface area contributed by atoms with Gasteiger partial charge in [-0.25, -0.2) is 4.79 Å². The van der Waals surface area contributed by atoms with E-state index in [1.54, 1.807) is 0 Å². The summed E-state index contributed by atoms with van der Waals surface area (Å²) in [5.41, 5.74) is -2.25. The van der Waals surface area contributed by atoms with Crippen LogP contribution < -0.4 is 5.56 Å². The van der Waals surface area contributed by atoms with Crippen LogP contribution in [0.2, 0.25) is 0 Å². The van der Waals surface area contributed by atoms with Crippen LogP contribution in [0.1, 0.15) is 15.9 Å². The number of ether oxygens (including phenoxy) is 1. The third-order valence-corrected chi connectivity index (χ3v) is 2.85. The van der Waals surface area contributed by atoms with Gasteiger partial charge in [0.05, 0.1) is 18.2 Å². The number of methoxy groups -OCH3 is 1. The number of hydrogen-bond donors (Lipinski definition) is 1. The Bertz CT molecular complexity index is 735. The number of aromatic nitrogens is 1. The van der Waals surface area contributed by atoms with Crippen molar-refractivity contribution in [3.8, 4) is 11.1 Å². The Balaban J connectivity index is 2.68. The van der Waals surface area contributed by atoms with E-state index in [9.17, 15) is 22.8 Å². The molecule has 2 rings (SSSR count). The molecule has 1 aromatic heterocycles. The maximum atomic E-state index is 13.0. The van der Waals surface area contributed by atoms with Crippen molar-refractivity contribution in [2.24, 2.45) is 0 Å². The Morgan fingerprint density at radius 3 is 2.48 bits per heavy atom. The van der Waals surface area contributed by atoms with Crippen LogP contribution in [0, 0.1) is 0 Å². The molecule has 0 atom stereocenters. The van der Waals surface area contributed by atoms with Gasteiger partial charge in [-0.05, 0) is 17.7 Å². The fourth-order valence-electron chi connectivity index (χ4n) is 1.88. The van der Waals surface area contributed by atoms with Gasteiger partial charge in [0.1, 0.15) is 0 Å². The summed E-state index contributed by atoms with van der Waals surface area (Å²) >= 11 is 0. The largest absolute Gasteiger partial charge is 0.465 e. The topological polar surface area (TPSA) is 59.2 Å². The first-order chi connectivity index (χ1) is 9.84. The molecule has 7 heteroatoms. The van der Waals surface area contributed by atoms with Crippen molar-refractivity contribution in [1.29, 1.82) is 0 Å². The summed E-state index contributed by atoms with van der Waals surface area (Å²) in [6.07, 6.45) is -3.52. The Morgan fingerprint density at radius 1 is 1.19 bits per heavy atom. The maximum Gasteiger partial charge on any atom is 0.417 e. The molecule has 0 spiro atoms. The lowest BCUT2D eigenvalue weighted by atomic mass is 9.99. The lowest BCUT2D eigenvalue weighted by Crippen LogP contribution is -2.15. The monoisotopic (exact) mass is 297 g/mol. The van der Waals surface area contributed by atoms with Crippen LogP contribution in [0.4, 0.5) is 13.2 Å². The SMILES string of the molecule is COC(=O)c1c[nH]c(=O)c(-c2ccccc2C(F)(F)F)c1. The molecule has 0 bridgehead atoms. The number of esters is 1. The van der Waals surface area contributed by atoms with Crippen LogP contribution in [-0.2, 0) is 10.9 Å². The smallest absolute Gasteiger partial charge is 0.417 e. The highest BCUT2D eigenvalue weighted by atomic mass is 19.4. The van der Waals surface area contributed by atoms with Crippen molar-refractivity contribution < 1.29 is 22.7 Å². The number of alkyl halides is 3. The third-order valence-electron chi connectivity index (χ3n) is 2.85. The zero-order valence-corrected chi connectivity index (χ0v) is 10.8. The Labute approximate surface area is 117 Å².